The molecule has 1 N–H and O–H groups in total. The summed E-state index contributed by atoms with van der Waals surface area (Å²) in [6, 6.07) is 13.5. The predicted molar refractivity (Wildman–Crippen MR) is 91.5 cm³/mol. The van der Waals surface area contributed by atoms with Crippen molar-refractivity contribution in [2.75, 3.05) is 5.32 Å². The van der Waals surface area contributed by atoms with Crippen molar-refractivity contribution in [3.63, 3.8) is 0 Å². The number of fused-ring (bicyclic) bond motifs is 1. The zero-order valence-corrected chi connectivity index (χ0v) is 13.2. The van der Waals surface area contributed by atoms with E-state index in [-0.39, 0.29) is 21.4 Å². The lowest BCUT2D eigenvalue weighted by Crippen LogP contribution is -2.14. The highest BCUT2D eigenvalue weighted by atomic mass is 35.5. The van der Waals surface area contributed by atoms with Crippen molar-refractivity contribution < 1.29 is 9.59 Å². The summed E-state index contributed by atoms with van der Waals surface area (Å²) in [7, 11) is 0. The quantitative estimate of drug-likeness (QED) is 0.706. The largest absolute Gasteiger partial charge is 0.306 e. The van der Waals surface area contributed by atoms with Gasteiger partial charge in [0.1, 0.15) is 5.82 Å². The fourth-order valence-corrected chi connectivity index (χ4v) is 2.83. The van der Waals surface area contributed by atoms with Gasteiger partial charge in [0, 0.05) is 10.9 Å². The monoisotopic (exact) mass is 344 g/mol. The summed E-state index contributed by atoms with van der Waals surface area (Å²) in [4.78, 5) is 28.0. The van der Waals surface area contributed by atoms with Crippen LogP contribution in [0.4, 0.5) is 5.82 Å². The van der Waals surface area contributed by atoms with Crippen molar-refractivity contribution in [1.82, 2.24) is 4.98 Å². The molecule has 0 unspecified atom stereocenters. The fraction of sp³-hybridized carbons (Fsp3) is 0. The van der Waals surface area contributed by atoms with Gasteiger partial charge >= 0.3 is 0 Å². The number of carbonyl (C=O) groups is 2. The smallest absolute Gasteiger partial charge is 0.259 e. The Kier molecular flexibility index (Phi) is 4.28. The van der Waals surface area contributed by atoms with Crippen molar-refractivity contribution in [1.29, 1.82) is 0 Å². The van der Waals surface area contributed by atoms with E-state index in [9.17, 15) is 9.59 Å². The summed E-state index contributed by atoms with van der Waals surface area (Å²) in [5, 5.41) is 3.83. The maximum absolute atomic E-state index is 12.4. The van der Waals surface area contributed by atoms with E-state index in [0.29, 0.717) is 11.1 Å². The molecule has 0 saturated heterocycles. The Bertz CT molecular complexity index is 905. The van der Waals surface area contributed by atoms with Gasteiger partial charge < -0.3 is 5.32 Å². The van der Waals surface area contributed by atoms with Crippen molar-refractivity contribution in [2.24, 2.45) is 0 Å². The van der Waals surface area contributed by atoms with Gasteiger partial charge in [-0.05, 0) is 24.3 Å². The average Bonchev–Trinajstić information content (AvgIpc) is 2.54. The van der Waals surface area contributed by atoms with Gasteiger partial charge in [0.25, 0.3) is 5.91 Å². The zero-order valence-electron chi connectivity index (χ0n) is 11.7. The number of aldehydes is 1. The Morgan fingerprint density at radius 1 is 1.04 bits per heavy atom. The Morgan fingerprint density at radius 3 is 2.43 bits per heavy atom. The van der Waals surface area contributed by atoms with Crippen LogP contribution in [-0.4, -0.2) is 17.2 Å². The van der Waals surface area contributed by atoms with E-state index in [2.05, 4.69) is 10.3 Å². The van der Waals surface area contributed by atoms with Crippen LogP contribution >= 0.6 is 23.2 Å². The molecule has 1 heterocycles. The molecule has 23 heavy (non-hydrogen) atoms. The third-order valence-corrected chi connectivity index (χ3v) is 3.94. The maximum Gasteiger partial charge on any atom is 0.259 e. The SMILES string of the molecule is O=Cc1cc(NC(=O)c2c(Cl)cccc2Cl)nc2ccccc12. The van der Waals surface area contributed by atoms with Crippen LogP contribution in [0.25, 0.3) is 10.9 Å². The third-order valence-electron chi connectivity index (χ3n) is 3.31. The Morgan fingerprint density at radius 2 is 1.74 bits per heavy atom. The molecule has 4 nitrogen and oxygen atoms in total. The molecule has 0 atom stereocenters. The van der Waals surface area contributed by atoms with Crippen LogP contribution in [0.5, 0.6) is 0 Å². The number of pyridine rings is 1. The highest BCUT2D eigenvalue weighted by Crippen LogP contribution is 2.26. The lowest BCUT2D eigenvalue weighted by atomic mass is 10.1. The van der Waals surface area contributed by atoms with Crippen molar-refractivity contribution >= 4 is 52.1 Å². The van der Waals surface area contributed by atoms with E-state index in [1.165, 1.54) is 6.07 Å². The number of nitrogens with one attached hydrogen (secondary N) is 1. The highest BCUT2D eigenvalue weighted by molar-refractivity contribution is 6.40. The minimum absolute atomic E-state index is 0.165. The number of amides is 1. The maximum atomic E-state index is 12.4. The summed E-state index contributed by atoms with van der Waals surface area (Å²) in [5.41, 5.74) is 1.22. The first-order valence-corrected chi connectivity index (χ1v) is 7.46. The number of rotatable bonds is 3. The first-order valence-electron chi connectivity index (χ1n) is 6.70. The molecule has 3 rings (SSSR count). The number of para-hydroxylation sites is 1. The minimum Gasteiger partial charge on any atom is -0.306 e. The number of hydrogen-bond donors (Lipinski definition) is 1. The first kappa shape index (κ1) is 15.5. The van der Waals surface area contributed by atoms with Crippen LogP contribution in [0.1, 0.15) is 20.7 Å². The Labute approximate surface area is 142 Å². The molecule has 0 spiro atoms. The van der Waals surface area contributed by atoms with E-state index in [0.717, 1.165) is 11.7 Å². The van der Waals surface area contributed by atoms with Gasteiger partial charge in [-0.2, -0.15) is 0 Å². The second-order valence-electron chi connectivity index (χ2n) is 4.78. The van der Waals surface area contributed by atoms with Gasteiger partial charge in [-0.3, -0.25) is 9.59 Å². The van der Waals surface area contributed by atoms with E-state index in [1.54, 1.807) is 36.4 Å². The summed E-state index contributed by atoms with van der Waals surface area (Å²) in [6.45, 7) is 0. The van der Waals surface area contributed by atoms with E-state index in [4.69, 9.17) is 23.2 Å². The lowest BCUT2D eigenvalue weighted by molar-refractivity contribution is 0.102. The number of aromatic nitrogens is 1. The summed E-state index contributed by atoms with van der Waals surface area (Å²) < 4.78 is 0. The second kappa shape index (κ2) is 6.36. The normalized spacial score (nSPS) is 10.5. The molecule has 1 amide bonds. The van der Waals surface area contributed by atoms with Gasteiger partial charge in [0.2, 0.25) is 0 Å². The number of nitrogens with zero attached hydrogens (tertiary/aromatic N) is 1. The number of anilines is 1. The number of carbonyl (C=O) groups excluding carboxylic acids is 2. The van der Waals surface area contributed by atoms with Crippen LogP contribution in [-0.2, 0) is 0 Å². The molecule has 0 bridgehead atoms. The van der Waals surface area contributed by atoms with Gasteiger partial charge in [0.15, 0.2) is 6.29 Å². The van der Waals surface area contributed by atoms with Crippen LogP contribution in [0.15, 0.2) is 48.5 Å². The molecule has 1 aromatic heterocycles. The number of hydrogen-bond acceptors (Lipinski definition) is 3. The lowest BCUT2D eigenvalue weighted by Gasteiger charge is -2.09. The molecule has 0 saturated carbocycles. The molecule has 2 aromatic carbocycles. The standard InChI is InChI=1S/C17H10Cl2N2O2/c18-12-5-3-6-13(19)16(12)17(23)21-15-8-10(9-22)11-4-1-2-7-14(11)20-15/h1-9H,(H,20,21,23). The van der Waals surface area contributed by atoms with Crippen molar-refractivity contribution in [3.05, 3.63) is 69.7 Å². The molecule has 6 heteroatoms. The van der Waals surface area contributed by atoms with Crippen LogP contribution in [0, 0.1) is 0 Å². The fourth-order valence-electron chi connectivity index (χ4n) is 2.26. The second-order valence-corrected chi connectivity index (χ2v) is 5.60. The average molecular weight is 345 g/mol. The van der Waals surface area contributed by atoms with Gasteiger partial charge in [0.05, 0.1) is 21.1 Å². The molecule has 3 aromatic rings. The third kappa shape index (κ3) is 3.04. The highest BCUT2D eigenvalue weighted by Gasteiger charge is 2.16. The Balaban J connectivity index is 2.01. The molecule has 0 aliphatic rings. The van der Waals surface area contributed by atoms with E-state index < -0.39 is 5.91 Å². The first-order chi connectivity index (χ1) is 11.1. The molecule has 0 fully saturated rings. The minimum atomic E-state index is -0.486. The molecular formula is C17H10Cl2N2O2. The zero-order chi connectivity index (χ0) is 16.4. The van der Waals surface area contributed by atoms with Gasteiger partial charge in [-0.15, -0.1) is 0 Å². The number of benzene rings is 2. The van der Waals surface area contributed by atoms with Crippen LogP contribution in [0.2, 0.25) is 10.0 Å². The van der Waals surface area contributed by atoms with E-state index >= 15 is 0 Å². The summed E-state index contributed by atoms with van der Waals surface area (Å²) in [6.07, 6.45) is 0.724. The van der Waals surface area contributed by atoms with Crippen LogP contribution < -0.4 is 5.32 Å². The molecule has 0 aliphatic carbocycles. The Hall–Kier alpha value is -2.43. The number of halogens is 2. The van der Waals surface area contributed by atoms with E-state index in [1.807, 2.05) is 6.07 Å². The van der Waals surface area contributed by atoms with Gasteiger partial charge in [-0.25, -0.2) is 4.98 Å². The molecule has 0 aliphatic heterocycles. The van der Waals surface area contributed by atoms with Crippen molar-refractivity contribution in [2.45, 2.75) is 0 Å². The molecule has 0 radical (unpaired) electrons. The predicted octanol–water partition coefficient (Wildman–Crippen LogP) is 4.61. The molecular weight excluding hydrogens is 335 g/mol. The molecule has 114 valence electrons. The summed E-state index contributed by atoms with van der Waals surface area (Å²) in [5.74, 6) is -0.230. The van der Waals surface area contributed by atoms with Crippen molar-refractivity contribution in [3.8, 4) is 0 Å². The summed E-state index contributed by atoms with van der Waals surface area (Å²) >= 11 is 12.0. The van der Waals surface area contributed by atoms with Gasteiger partial charge in [-0.1, -0.05) is 47.5 Å². The van der Waals surface area contributed by atoms with Crippen LogP contribution in [0.3, 0.4) is 0 Å². The topological polar surface area (TPSA) is 59.1 Å².